The summed E-state index contributed by atoms with van der Waals surface area (Å²) in [6.45, 7) is 7.37. The Kier molecular flexibility index (Phi) is 5.66. The third kappa shape index (κ3) is 4.24. The molecule has 3 heterocycles. The first-order valence-corrected chi connectivity index (χ1v) is 8.47. The normalized spacial score (nSPS) is 17.0. The van der Waals surface area contributed by atoms with Crippen molar-refractivity contribution in [2.45, 2.75) is 19.6 Å². The lowest BCUT2D eigenvalue weighted by molar-refractivity contribution is 0.0919. The Morgan fingerprint density at radius 2 is 2.00 bits per heavy atom. The lowest BCUT2D eigenvalue weighted by Gasteiger charge is -2.36. The first-order chi connectivity index (χ1) is 11.8. The van der Waals surface area contributed by atoms with E-state index in [2.05, 4.69) is 19.9 Å². The molecule has 1 aliphatic rings. The highest BCUT2D eigenvalue weighted by molar-refractivity contribution is 5.52. The van der Waals surface area contributed by atoms with E-state index < -0.39 is 6.10 Å². The monoisotopic (exact) mass is 331 g/mol. The highest BCUT2D eigenvalue weighted by atomic mass is 16.5. The smallest absolute Gasteiger partial charge is 0.171 e. The number of nitrogens with zero attached hydrogens (tertiary/aromatic N) is 5. The molecule has 1 atom stereocenters. The van der Waals surface area contributed by atoms with E-state index in [1.54, 1.807) is 17.1 Å². The highest BCUT2D eigenvalue weighted by Crippen LogP contribution is 2.26. The summed E-state index contributed by atoms with van der Waals surface area (Å²) in [5.41, 5.74) is 0. The predicted octanol–water partition coefficient (Wildman–Crippen LogP) is 0.860. The molecule has 0 bridgehead atoms. The van der Waals surface area contributed by atoms with Crippen molar-refractivity contribution >= 4 is 5.82 Å². The van der Waals surface area contributed by atoms with E-state index in [4.69, 9.17) is 4.74 Å². The van der Waals surface area contributed by atoms with Gasteiger partial charge in [0.05, 0.1) is 19.3 Å². The molecule has 0 saturated carbocycles. The number of hydrogen-bond acceptors (Lipinski definition) is 6. The maximum Gasteiger partial charge on any atom is 0.171 e. The van der Waals surface area contributed by atoms with Crippen LogP contribution < -0.4 is 9.64 Å². The van der Waals surface area contributed by atoms with Gasteiger partial charge in [-0.1, -0.05) is 0 Å². The van der Waals surface area contributed by atoms with Crippen molar-refractivity contribution in [3.63, 3.8) is 0 Å². The van der Waals surface area contributed by atoms with E-state index in [0.29, 0.717) is 19.7 Å². The lowest BCUT2D eigenvalue weighted by Crippen LogP contribution is -2.49. The van der Waals surface area contributed by atoms with Crippen molar-refractivity contribution in [1.82, 2.24) is 19.7 Å². The summed E-state index contributed by atoms with van der Waals surface area (Å²) >= 11 is 0. The fourth-order valence-electron chi connectivity index (χ4n) is 3.01. The zero-order valence-corrected chi connectivity index (χ0v) is 14.1. The molecular formula is C17H25N5O2. The molecule has 2 aromatic heterocycles. The number of hydrogen-bond donors (Lipinski definition) is 1. The molecule has 1 fully saturated rings. The van der Waals surface area contributed by atoms with Gasteiger partial charge in [0.25, 0.3) is 0 Å². The van der Waals surface area contributed by atoms with Crippen molar-refractivity contribution in [3.05, 3.63) is 36.8 Å². The number of aliphatic hydroxyl groups excluding tert-OH is 1. The van der Waals surface area contributed by atoms with E-state index in [0.717, 1.165) is 37.7 Å². The molecule has 2 aromatic rings. The first kappa shape index (κ1) is 16.7. The maximum atomic E-state index is 10.2. The van der Waals surface area contributed by atoms with Crippen molar-refractivity contribution < 1.29 is 9.84 Å². The summed E-state index contributed by atoms with van der Waals surface area (Å²) in [6.07, 6.45) is 4.99. The third-order valence-corrected chi connectivity index (χ3v) is 4.15. The highest BCUT2D eigenvalue weighted by Gasteiger charge is 2.22. The van der Waals surface area contributed by atoms with Crippen LogP contribution in [0.25, 0.3) is 0 Å². The minimum atomic E-state index is -0.412. The second-order valence-electron chi connectivity index (χ2n) is 5.93. The van der Waals surface area contributed by atoms with Crippen LogP contribution in [-0.2, 0) is 6.54 Å². The Morgan fingerprint density at radius 3 is 2.71 bits per heavy atom. The zero-order valence-electron chi connectivity index (χ0n) is 14.1. The van der Waals surface area contributed by atoms with Gasteiger partial charge in [-0.05, 0) is 25.1 Å². The second-order valence-corrected chi connectivity index (χ2v) is 5.93. The molecule has 7 heteroatoms. The Labute approximate surface area is 142 Å². The fraction of sp³-hybridized carbons (Fsp3) is 0.529. The van der Waals surface area contributed by atoms with Gasteiger partial charge in [0, 0.05) is 51.3 Å². The number of aromatic nitrogens is 3. The van der Waals surface area contributed by atoms with Crippen molar-refractivity contribution in [1.29, 1.82) is 0 Å². The third-order valence-electron chi connectivity index (χ3n) is 4.15. The summed E-state index contributed by atoms with van der Waals surface area (Å²) in [5.74, 6) is 1.75. The Balaban J connectivity index is 1.50. The van der Waals surface area contributed by atoms with Gasteiger partial charge in [0.2, 0.25) is 0 Å². The maximum absolute atomic E-state index is 10.2. The minimum absolute atomic E-state index is 0.412. The van der Waals surface area contributed by atoms with Gasteiger partial charge < -0.3 is 14.7 Å². The number of anilines is 1. The van der Waals surface area contributed by atoms with E-state index >= 15 is 0 Å². The van der Waals surface area contributed by atoms with Crippen LogP contribution in [0.4, 0.5) is 5.82 Å². The molecule has 1 aliphatic heterocycles. The van der Waals surface area contributed by atoms with Crippen LogP contribution in [0.3, 0.4) is 0 Å². The van der Waals surface area contributed by atoms with E-state index in [9.17, 15) is 5.11 Å². The molecule has 24 heavy (non-hydrogen) atoms. The Bertz CT molecular complexity index is 611. The molecule has 1 unspecified atom stereocenters. The van der Waals surface area contributed by atoms with Crippen LogP contribution in [0, 0.1) is 0 Å². The molecule has 3 rings (SSSR count). The van der Waals surface area contributed by atoms with Gasteiger partial charge in [-0.15, -0.1) is 0 Å². The van der Waals surface area contributed by atoms with Gasteiger partial charge in [-0.3, -0.25) is 9.58 Å². The molecule has 0 aromatic carbocycles. The van der Waals surface area contributed by atoms with E-state index in [1.807, 2.05) is 31.3 Å². The average Bonchev–Trinajstić information content (AvgIpc) is 3.09. The number of piperazine rings is 1. The average molecular weight is 331 g/mol. The quantitative estimate of drug-likeness (QED) is 0.812. The van der Waals surface area contributed by atoms with Crippen molar-refractivity contribution in [2.75, 3.05) is 44.2 Å². The topological polar surface area (TPSA) is 66.7 Å². The lowest BCUT2D eigenvalue weighted by atomic mass is 10.2. The van der Waals surface area contributed by atoms with Gasteiger partial charge >= 0.3 is 0 Å². The van der Waals surface area contributed by atoms with Crippen LogP contribution >= 0.6 is 0 Å². The predicted molar refractivity (Wildman–Crippen MR) is 92.3 cm³/mol. The Hall–Kier alpha value is -2.12. The molecule has 130 valence electrons. The molecule has 0 aliphatic carbocycles. The molecule has 0 spiro atoms. The van der Waals surface area contributed by atoms with Crippen LogP contribution in [0.1, 0.15) is 6.92 Å². The number of ether oxygens (including phenoxy) is 1. The summed E-state index contributed by atoms with van der Waals surface area (Å²) in [4.78, 5) is 9.02. The van der Waals surface area contributed by atoms with Gasteiger partial charge in [-0.2, -0.15) is 5.10 Å². The van der Waals surface area contributed by atoms with Gasteiger partial charge in [-0.25, -0.2) is 4.98 Å². The van der Waals surface area contributed by atoms with Crippen LogP contribution in [0.5, 0.6) is 5.75 Å². The fourth-order valence-corrected chi connectivity index (χ4v) is 3.01. The largest absolute Gasteiger partial charge is 0.490 e. The number of pyridine rings is 1. The van der Waals surface area contributed by atoms with Crippen LogP contribution in [0.2, 0.25) is 0 Å². The van der Waals surface area contributed by atoms with Crippen LogP contribution in [0.15, 0.2) is 36.8 Å². The minimum Gasteiger partial charge on any atom is -0.490 e. The molecule has 0 amide bonds. The Morgan fingerprint density at radius 1 is 1.17 bits per heavy atom. The first-order valence-electron chi connectivity index (χ1n) is 8.47. The number of β-amino-alcohol motifs (C(OH)–C–C–N with tert-alkyl or cyclic N) is 1. The van der Waals surface area contributed by atoms with Crippen molar-refractivity contribution in [3.8, 4) is 5.75 Å². The van der Waals surface area contributed by atoms with E-state index in [1.165, 1.54) is 0 Å². The summed E-state index contributed by atoms with van der Waals surface area (Å²) < 4.78 is 7.44. The zero-order chi connectivity index (χ0) is 16.8. The summed E-state index contributed by atoms with van der Waals surface area (Å²) in [5, 5.41) is 14.4. The number of aliphatic hydroxyl groups is 1. The van der Waals surface area contributed by atoms with Gasteiger partial charge in [0.1, 0.15) is 0 Å². The number of rotatable bonds is 7. The summed E-state index contributed by atoms with van der Waals surface area (Å²) in [7, 11) is 0. The van der Waals surface area contributed by atoms with Gasteiger partial charge in [0.15, 0.2) is 11.6 Å². The standard InChI is InChI=1S/C17H25N5O2/c1-2-24-16-5-3-6-18-17(16)21-11-9-20(10-12-21)13-15(23)14-22-8-4-7-19-22/h3-8,15,23H,2,9-14H2,1H3. The molecule has 1 N–H and O–H groups in total. The second kappa shape index (κ2) is 8.12. The summed E-state index contributed by atoms with van der Waals surface area (Å²) in [6, 6.07) is 5.73. The van der Waals surface area contributed by atoms with Crippen molar-refractivity contribution in [2.24, 2.45) is 0 Å². The molecular weight excluding hydrogens is 306 g/mol. The molecule has 0 radical (unpaired) electrons. The van der Waals surface area contributed by atoms with E-state index in [-0.39, 0.29) is 0 Å². The molecule has 7 nitrogen and oxygen atoms in total. The van der Waals surface area contributed by atoms with Crippen LogP contribution in [-0.4, -0.2) is 70.2 Å². The molecule has 1 saturated heterocycles. The SMILES string of the molecule is CCOc1cccnc1N1CCN(CC(O)Cn2cccn2)CC1.